The molecule has 276 valence electrons. The molecule has 6 N–H and O–H groups in total. The first-order valence-electron chi connectivity index (χ1n) is 17.4. The zero-order valence-electron chi connectivity index (χ0n) is 29.5. The molecule has 0 spiro atoms. The Morgan fingerprint density at radius 2 is 0.857 bits per heavy atom. The van der Waals surface area contributed by atoms with Gasteiger partial charge in [0.1, 0.15) is 5.82 Å². The maximum Gasteiger partial charge on any atom is 0.294 e. The first kappa shape index (κ1) is 35.5. The van der Waals surface area contributed by atoms with E-state index in [2.05, 4.69) is 36.6 Å². The number of fused-ring (bicyclic) bond motifs is 1. The smallest absolute Gasteiger partial charge is 0.294 e. The molecule has 15 heteroatoms. The van der Waals surface area contributed by atoms with Crippen molar-refractivity contribution < 1.29 is 13.0 Å². The number of nitrogens with zero attached hydrogens (tertiary/aromatic N) is 6. The molecule has 0 saturated heterocycles. The number of benzene rings is 6. The van der Waals surface area contributed by atoms with Gasteiger partial charge in [0.25, 0.3) is 10.1 Å². The van der Waals surface area contributed by atoms with Crippen molar-refractivity contribution in [3.63, 3.8) is 0 Å². The molecule has 8 rings (SSSR count). The van der Waals surface area contributed by atoms with Crippen molar-refractivity contribution in [3.8, 4) is 0 Å². The average Bonchev–Trinajstić information content (AvgIpc) is 3.19. The Morgan fingerprint density at radius 1 is 0.429 bits per heavy atom. The van der Waals surface area contributed by atoms with Crippen LogP contribution in [0.3, 0.4) is 0 Å². The lowest BCUT2D eigenvalue weighted by molar-refractivity contribution is 0.483. The van der Waals surface area contributed by atoms with E-state index in [-0.39, 0.29) is 16.8 Å². The van der Waals surface area contributed by atoms with Gasteiger partial charge in [-0.15, -0.1) is 0 Å². The second-order valence-corrected chi connectivity index (χ2v) is 13.8. The maximum atomic E-state index is 11.8. The van der Waals surface area contributed by atoms with Crippen molar-refractivity contribution in [2.75, 3.05) is 26.6 Å². The highest BCUT2D eigenvalue weighted by molar-refractivity contribution is 7.85. The largest absolute Gasteiger partial charge is 0.324 e. The highest BCUT2D eigenvalue weighted by Gasteiger charge is 2.15. The van der Waals surface area contributed by atoms with E-state index in [0.29, 0.717) is 35.8 Å². The summed E-state index contributed by atoms with van der Waals surface area (Å²) in [5.41, 5.74) is 4.51. The van der Waals surface area contributed by atoms with Crippen LogP contribution in [0.5, 0.6) is 0 Å². The molecule has 2 aromatic heterocycles. The van der Waals surface area contributed by atoms with E-state index in [1.807, 2.05) is 127 Å². The first-order chi connectivity index (χ1) is 27.3. The molecule has 2 heterocycles. The van der Waals surface area contributed by atoms with E-state index in [1.165, 1.54) is 18.2 Å². The molecule has 0 bridgehead atoms. The third kappa shape index (κ3) is 8.82. The fourth-order valence-corrected chi connectivity index (χ4v) is 6.42. The van der Waals surface area contributed by atoms with Crippen molar-refractivity contribution in [3.05, 3.63) is 163 Å². The van der Waals surface area contributed by atoms with Gasteiger partial charge in [-0.2, -0.15) is 38.3 Å². The van der Waals surface area contributed by atoms with Crippen LogP contribution in [0.25, 0.3) is 10.8 Å². The Labute approximate surface area is 322 Å². The molecule has 0 saturated carbocycles. The molecule has 0 aliphatic rings. The highest BCUT2D eigenvalue weighted by Crippen LogP contribution is 2.30. The number of hydrogen-bond donors (Lipinski definition) is 6. The highest BCUT2D eigenvalue weighted by atomic mass is 32.2. The first-order valence-corrected chi connectivity index (χ1v) is 18.8. The maximum absolute atomic E-state index is 11.8. The molecule has 56 heavy (non-hydrogen) atoms. The zero-order chi connectivity index (χ0) is 38.3. The topological polar surface area (TPSA) is 192 Å². The Hall–Kier alpha value is -7.49. The Bertz CT molecular complexity index is 2680. The van der Waals surface area contributed by atoms with E-state index in [4.69, 9.17) is 19.9 Å². The lowest BCUT2D eigenvalue weighted by atomic mass is 10.0. The molecule has 0 atom stereocenters. The van der Waals surface area contributed by atoms with Gasteiger partial charge in [-0.05, 0) is 71.6 Å². The van der Waals surface area contributed by atoms with Gasteiger partial charge in [0.2, 0.25) is 29.7 Å². The molecule has 8 aromatic rings. The summed E-state index contributed by atoms with van der Waals surface area (Å²) in [5, 5.41) is 18.1. The van der Waals surface area contributed by atoms with Gasteiger partial charge < -0.3 is 26.6 Å². The van der Waals surface area contributed by atoms with E-state index >= 15 is 0 Å². The lowest BCUT2D eigenvalue weighted by Gasteiger charge is -2.14. The summed E-state index contributed by atoms with van der Waals surface area (Å²) >= 11 is 0. The monoisotopic (exact) mass is 759 g/mol. The summed E-state index contributed by atoms with van der Waals surface area (Å²) in [6.45, 7) is 0. The molecule has 0 radical (unpaired) electrons. The molecule has 0 unspecified atom stereocenters. The van der Waals surface area contributed by atoms with Gasteiger partial charge in [-0.3, -0.25) is 4.55 Å². The molecule has 0 aliphatic carbocycles. The van der Waals surface area contributed by atoms with Crippen LogP contribution in [0.2, 0.25) is 0 Å². The van der Waals surface area contributed by atoms with Crippen LogP contribution < -0.4 is 26.6 Å². The normalized spacial score (nSPS) is 11.2. The van der Waals surface area contributed by atoms with Crippen molar-refractivity contribution in [1.82, 2.24) is 29.9 Å². The number of aromatic nitrogens is 6. The van der Waals surface area contributed by atoms with Gasteiger partial charge in [0, 0.05) is 40.2 Å². The van der Waals surface area contributed by atoms with Crippen molar-refractivity contribution >= 4 is 79.1 Å². The van der Waals surface area contributed by atoms with E-state index in [1.54, 1.807) is 6.07 Å². The number of anilines is 10. The minimum atomic E-state index is -4.42. The second-order valence-electron chi connectivity index (χ2n) is 12.4. The summed E-state index contributed by atoms with van der Waals surface area (Å²) < 4.78 is 33.2. The summed E-state index contributed by atoms with van der Waals surface area (Å²) in [4.78, 5) is 27.7. The van der Waals surface area contributed by atoms with E-state index in [9.17, 15) is 13.0 Å². The van der Waals surface area contributed by atoms with Gasteiger partial charge in [0.05, 0.1) is 4.90 Å². The molecular formula is C41H33N11O3S. The predicted molar refractivity (Wildman–Crippen MR) is 218 cm³/mol. The van der Waals surface area contributed by atoms with Crippen LogP contribution in [-0.4, -0.2) is 42.9 Å². The summed E-state index contributed by atoms with van der Waals surface area (Å²) in [7, 11) is -4.42. The number of para-hydroxylation sites is 3. The van der Waals surface area contributed by atoms with Crippen LogP contribution in [-0.2, 0) is 16.5 Å². The molecule has 14 nitrogen and oxygen atoms in total. The number of nitrogens with one attached hydrogen (secondary N) is 5. The standard InChI is InChI=1S/C41H33N11O3S/c53-56(54,55)32-21-11-20-31(26-32)45-38-48-36(47-37(49-38)42-28-14-4-1-5-15-28)25-27-13-10-23-34-33(27)22-12-24-35(34)46-41-51-39(43-29-16-6-2-7-17-29)50-40(52-41)44-30-18-8-3-9-19-30/h1-24,26H,25H2,(H,53,54,55)(H2,42,45,47,48,49)(H3,43,44,46,50,51,52). The third-order valence-electron chi connectivity index (χ3n) is 8.40. The molecule has 0 amide bonds. The second kappa shape index (κ2) is 15.9. The van der Waals surface area contributed by atoms with Gasteiger partial charge in [-0.1, -0.05) is 91.0 Å². The Balaban J connectivity index is 1.12. The SMILES string of the molecule is O=S(=O)(O)c1cccc(Nc2nc(Cc3cccc4c(Nc5nc(Nc6ccccc6)nc(Nc6ccccc6)n5)cccc34)nc(Nc3ccccc3)n2)c1. The van der Waals surface area contributed by atoms with Crippen molar-refractivity contribution in [2.24, 2.45) is 0 Å². The Morgan fingerprint density at radius 3 is 1.39 bits per heavy atom. The summed E-state index contributed by atoms with van der Waals surface area (Å²) in [6.07, 6.45) is 0.328. The third-order valence-corrected chi connectivity index (χ3v) is 9.25. The quantitative estimate of drug-likeness (QED) is 0.0611. The minimum absolute atomic E-state index is 0.179. The predicted octanol–water partition coefficient (Wildman–Crippen LogP) is 8.77. The number of rotatable bonds is 13. The van der Waals surface area contributed by atoms with Gasteiger partial charge >= 0.3 is 0 Å². The zero-order valence-corrected chi connectivity index (χ0v) is 30.3. The minimum Gasteiger partial charge on any atom is -0.324 e. The summed E-state index contributed by atoms with van der Waals surface area (Å²) in [5.74, 6) is 1.96. The fourth-order valence-electron chi connectivity index (χ4n) is 5.90. The molecule has 6 aromatic carbocycles. The van der Waals surface area contributed by atoms with Gasteiger partial charge in [0.15, 0.2) is 0 Å². The van der Waals surface area contributed by atoms with Crippen LogP contribution in [0.1, 0.15) is 11.4 Å². The lowest BCUT2D eigenvalue weighted by Crippen LogP contribution is -2.09. The van der Waals surface area contributed by atoms with Crippen LogP contribution in [0.4, 0.5) is 58.2 Å². The van der Waals surface area contributed by atoms with Gasteiger partial charge in [-0.25, -0.2) is 0 Å². The molecular weight excluding hydrogens is 727 g/mol. The fraction of sp³-hybridized carbons (Fsp3) is 0.0244. The van der Waals surface area contributed by atoms with Crippen molar-refractivity contribution in [2.45, 2.75) is 11.3 Å². The summed E-state index contributed by atoms with van der Waals surface area (Å²) in [6, 6.07) is 46.5. The van der Waals surface area contributed by atoms with Crippen LogP contribution >= 0.6 is 0 Å². The van der Waals surface area contributed by atoms with E-state index < -0.39 is 10.1 Å². The van der Waals surface area contributed by atoms with Crippen molar-refractivity contribution in [1.29, 1.82) is 0 Å². The molecule has 0 aliphatic heterocycles. The number of hydrogen-bond acceptors (Lipinski definition) is 13. The average molecular weight is 760 g/mol. The molecule has 0 fully saturated rings. The van der Waals surface area contributed by atoms with Crippen LogP contribution in [0, 0.1) is 0 Å². The van der Waals surface area contributed by atoms with E-state index in [0.717, 1.165) is 39.1 Å². The Kier molecular flexibility index (Phi) is 10.1. The van der Waals surface area contributed by atoms with Crippen LogP contribution in [0.15, 0.2) is 157 Å².